The summed E-state index contributed by atoms with van der Waals surface area (Å²) in [5, 5.41) is 10.8. The number of carbonyl (C=O) groups excluding carboxylic acids is 1. The highest BCUT2D eigenvalue weighted by molar-refractivity contribution is 6.30. The Morgan fingerprint density at radius 2 is 1.92 bits per heavy atom. The minimum atomic E-state index is -0.590. The van der Waals surface area contributed by atoms with Gasteiger partial charge in [0.2, 0.25) is 0 Å². The van der Waals surface area contributed by atoms with Gasteiger partial charge in [-0.2, -0.15) is 0 Å². The lowest BCUT2D eigenvalue weighted by Gasteiger charge is -2.29. The van der Waals surface area contributed by atoms with Gasteiger partial charge in [-0.15, -0.1) is 0 Å². The van der Waals surface area contributed by atoms with Crippen molar-refractivity contribution in [2.75, 3.05) is 0 Å². The van der Waals surface area contributed by atoms with E-state index in [1.165, 1.54) is 0 Å². The lowest BCUT2D eigenvalue weighted by Crippen LogP contribution is -2.36. The number of halogens is 1. The third-order valence-electron chi connectivity index (χ3n) is 3.91. The average Bonchev–Trinajstić information content (AvgIpc) is 2.87. The van der Waals surface area contributed by atoms with Gasteiger partial charge in [0.05, 0.1) is 12.6 Å². The Balaban J connectivity index is 2.06. The van der Waals surface area contributed by atoms with E-state index in [9.17, 15) is 9.90 Å². The molecule has 1 N–H and O–H groups in total. The molecule has 1 heterocycles. The number of benzene rings is 2. The highest BCUT2D eigenvalue weighted by Gasteiger charge is 2.38. The number of phenolic OH excluding ortho intramolecular Hbond substituents is 1. The van der Waals surface area contributed by atoms with Crippen LogP contribution in [0.2, 0.25) is 5.02 Å². The molecule has 1 amide bonds. The van der Waals surface area contributed by atoms with Crippen LogP contribution < -0.4 is 0 Å². The SMILES string of the molecule is CC(C)(C)OC(=O)N1Cc2ccccc2C1c1cc(Cl)ccc1O. The maximum absolute atomic E-state index is 12.7. The smallest absolute Gasteiger partial charge is 0.411 e. The van der Waals surface area contributed by atoms with Crippen LogP contribution in [0.3, 0.4) is 0 Å². The van der Waals surface area contributed by atoms with E-state index in [1.54, 1.807) is 23.1 Å². The standard InChI is InChI=1S/C19H20ClNO3/c1-19(2,3)24-18(23)21-11-12-6-4-5-7-14(12)17(21)15-10-13(20)8-9-16(15)22/h4-10,17,22H,11H2,1-3H3. The number of hydrogen-bond donors (Lipinski definition) is 1. The first-order chi connectivity index (χ1) is 11.3. The van der Waals surface area contributed by atoms with Crippen molar-refractivity contribution in [1.29, 1.82) is 0 Å². The fourth-order valence-corrected chi connectivity index (χ4v) is 3.14. The van der Waals surface area contributed by atoms with Crippen molar-refractivity contribution >= 4 is 17.7 Å². The Morgan fingerprint density at radius 3 is 2.62 bits per heavy atom. The predicted molar refractivity (Wildman–Crippen MR) is 93.2 cm³/mol. The van der Waals surface area contributed by atoms with E-state index in [4.69, 9.17) is 16.3 Å². The number of hydrogen-bond acceptors (Lipinski definition) is 3. The van der Waals surface area contributed by atoms with Crippen LogP contribution in [0.4, 0.5) is 4.79 Å². The largest absolute Gasteiger partial charge is 0.508 e. The third kappa shape index (κ3) is 3.20. The molecule has 0 aliphatic carbocycles. The van der Waals surface area contributed by atoms with Crippen LogP contribution in [-0.4, -0.2) is 21.7 Å². The molecule has 0 radical (unpaired) electrons. The van der Waals surface area contributed by atoms with Crippen LogP contribution in [-0.2, 0) is 11.3 Å². The molecule has 2 aromatic rings. The number of aromatic hydroxyl groups is 1. The maximum atomic E-state index is 12.7. The maximum Gasteiger partial charge on any atom is 0.411 e. The van der Waals surface area contributed by atoms with Crippen molar-refractivity contribution in [2.24, 2.45) is 0 Å². The molecule has 1 aliphatic rings. The van der Waals surface area contributed by atoms with Crippen molar-refractivity contribution in [2.45, 2.75) is 39.0 Å². The summed E-state index contributed by atoms with van der Waals surface area (Å²) < 4.78 is 5.55. The molecule has 5 heteroatoms. The average molecular weight is 346 g/mol. The number of ether oxygens (including phenoxy) is 1. The van der Waals surface area contributed by atoms with Crippen molar-refractivity contribution < 1.29 is 14.6 Å². The van der Waals surface area contributed by atoms with Gasteiger partial charge < -0.3 is 9.84 Å². The number of rotatable bonds is 1. The second-order valence-corrected chi connectivity index (χ2v) is 7.35. The van der Waals surface area contributed by atoms with Crippen LogP contribution in [0, 0.1) is 0 Å². The molecule has 0 aromatic heterocycles. The molecule has 24 heavy (non-hydrogen) atoms. The van der Waals surface area contributed by atoms with Crippen molar-refractivity contribution in [3.05, 3.63) is 64.2 Å². The lowest BCUT2D eigenvalue weighted by atomic mass is 9.97. The van der Waals surface area contributed by atoms with Gasteiger partial charge in [-0.1, -0.05) is 35.9 Å². The summed E-state index contributed by atoms with van der Waals surface area (Å²) in [6.07, 6.45) is -0.414. The van der Waals surface area contributed by atoms with Gasteiger partial charge in [0.15, 0.2) is 0 Å². The summed E-state index contributed by atoms with van der Waals surface area (Å²) in [5.74, 6) is 0.106. The highest BCUT2D eigenvalue weighted by Crippen LogP contribution is 2.43. The summed E-state index contributed by atoms with van der Waals surface area (Å²) in [6, 6.07) is 12.2. The zero-order chi connectivity index (χ0) is 17.5. The molecule has 1 atom stereocenters. The topological polar surface area (TPSA) is 49.8 Å². The lowest BCUT2D eigenvalue weighted by molar-refractivity contribution is 0.0202. The van der Waals surface area contributed by atoms with Gasteiger partial charge in [0.1, 0.15) is 11.4 Å². The van der Waals surface area contributed by atoms with Gasteiger partial charge in [0, 0.05) is 10.6 Å². The normalized spacial score (nSPS) is 16.8. The molecule has 4 nitrogen and oxygen atoms in total. The molecule has 0 bridgehead atoms. The Hall–Kier alpha value is -2.20. The zero-order valence-corrected chi connectivity index (χ0v) is 14.7. The van der Waals surface area contributed by atoms with Crippen molar-refractivity contribution in [3.8, 4) is 5.75 Å². The van der Waals surface area contributed by atoms with E-state index in [1.807, 2.05) is 45.0 Å². The monoisotopic (exact) mass is 345 g/mol. The molecular weight excluding hydrogens is 326 g/mol. The molecule has 1 aliphatic heterocycles. The van der Waals surface area contributed by atoms with Gasteiger partial charge in [-0.25, -0.2) is 4.79 Å². The molecule has 0 saturated carbocycles. The third-order valence-corrected chi connectivity index (χ3v) is 4.15. The first-order valence-electron chi connectivity index (χ1n) is 7.82. The summed E-state index contributed by atoms with van der Waals surface area (Å²) in [7, 11) is 0. The molecule has 2 aromatic carbocycles. The van der Waals surface area contributed by atoms with Crippen molar-refractivity contribution in [3.63, 3.8) is 0 Å². The van der Waals surface area contributed by atoms with Gasteiger partial charge in [-0.05, 0) is 50.1 Å². The van der Waals surface area contributed by atoms with E-state index < -0.39 is 17.7 Å². The summed E-state index contributed by atoms with van der Waals surface area (Å²) >= 11 is 6.11. The van der Waals surface area contributed by atoms with E-state index in [0.29, 0.717) is 17.1 Å². The Labute approximate surface area is 146 Å². The van der Waals surface area contributed by atoms with Crippen LogP contribution in [0.15, 0.2) is 42.5 Å². The quantitative estimate of drug-likeness (QED) is 0.800. The Kier molecular flexibility index (Phi) is 4.18. The second kappa shape index (κ2) is 6.02. The van der Waals surface area contributed by atoms with E-state index in [2.05, 4.69) is 0 Å². The summed E-state index contributed by atoms with van der Waals surface area (Å²) in [4.78, 5) is 14.3. The molecule has 3 rings (SSSR count). The zero-order valence-electron chi connectivity index (χ0n) is 13.9. The minimum Gasteiger partial charge on any atom is -0.508 e. The van der Waals surface area contributed by atoms with Crippen molar-refractivity contribution in [1.82, 2.24) is 4.90 Å². The summed E-state index contributed by atoms with van der Waals surface area (Å²) in [5.41, 5.74) is 2.01. The minimum absolute atomic E-state index is 0.106. The Bertz CT molecular complexity index is 782. The fraction of sp³-hybridized carbons (Fsp3) is 0.316. The van der Waals surface area contributed by atoms with Crippen LogP contribution >= 0.6 is 11.6 Å². The predicted octanol–water partition coefficient (Wildman–Crippen LogP) is 4.89. The van der Waals surface area contributed by atoms with E-state index in [0.717, 1.165) is 11.1 Å². The van der Waals surface area contributed by atoms with Gasteiger partial charge in [0.25, 0.3) is 0 Å². The molecule has 126 valence electrons. The first-order valence-corrected chi connectivity index (χ1v) is 8.20. The Morgan fingerprint density at radius 1 is 1.21 bits per heavy atom. The van der Waals surface area contributed by atoms with Crippen LogP contribution in [0.25, 0.3) is 0 Å². The number of fused-ring (bicyclic) bond motifs is 1. The number of carbonyl (C=O) groups is 1. The van der Waals surface area contributed by atoms with E-state index >= 15 is 0 Å². The van der Waals surface area contributed by atoms with E-state index in [-0.39, 0.29) is 5.75 Å². The first kappa shape index (κ1) is 16.7. The van der Waals surface area contributed by atoms with Gasteiger partial charge >= 0.3 is 6.09 Å². The number of phenols is 1. The molecular formula is C19H20ClNO3. The number of nitrogens with zero attached hydrogens (tertiary/aromatic N) is 1. The highest BCUT2D eigenvalue weighted by atomic mass is 35.5. The number of amides is 1. The van der Waals surface area contributed by atoms with Crippen LogP contribution in [0.1, 0.15) is 43.5 Å². The van der Waals surface area contributed by atoms with Crippen LogP contribution in [0.5, 0.6) is 5.75 Å². The molecule has 0 fully saturated rings. The molecule has 0 spiro atoms. The fourth-order valence-electron chi connectivity index (χ4n) is 2.96. The summed E-state index contributed by atoms with van der Waals surface area (Å²) in [6.45, 7) is 5.93. The molecule has 0 saturated heterocycles. The second-order valence-electron chi connectivity index (χ2n) is 6.91. The molecule has 1 unspecified atom stereocenters. The van der Waals surface area contributed by atoms with Gasteiger partial charge in [-0.3, -0.25) is 4.90 Å².